The molecule has 0 saturated heterocycles. The standard InChI is InChI=1S/C19H21F3N2O4S/c1-4-24(5-2)29(26,27)15-9-7-14(8-10-15)23-18(25)13-6-11-17(28-3)16(12-13)19(20,21)22/h6-12H,4-5H2,1-3H3,(H,23,25). The second-order valence-corrected chi connectivity index (χ2v) is 7.92. The Morgan fingerprint density at radius 3 is 2.14 bits per heavy atom. The fourth-order valence-corrected chi connectivity index (χ4v) is 4.15. The highest BCUT2D eigenvalue weighted by atomic mass is 32.2. The fraction of sp³-hybridized carbons (Fsp3) is 0.316. The van der Waals surface area contributed by atoms with Crippen molar-refractivity contribution < 1.29 is 31.1 Å². The third-order valence-electron chi connectivity index (χ3n) is 4.22. The Morgan fingerprint density at radius 1 is 1.07 bits per heavy atom. The van der Waals surface area contributed by atoms with Gasteiger partial charge in [0.05, 0.1) is 17.6 Å². The molecule has 0 bridgehead atoms. The van der Waals surface area contributed by atoms with Crippen LogP contribution >= 0.6 is 0 Å². The van der Waals surface area contributed by atoms with E-state index in [1.807, 2.05) is 0 Å². The molecular formula is C19H21F3N2O4S. The maximum Gasteiger partial charge on any atom is 0.419 e. The number of rotatable bonds is 7. The molecule has 6 nitrogen and oxygen atoms in total. The van der Waals surface area contributed by atoms with E-state index in [1.165, 1.54) is 34.6 Å². The van der Waals surface area contributed by atoms with Crippen molar-refractivity contribution >= 4 is 21.6 Å². The van der Waals surface area contributed by atoms with Gasteiger partial charge in [0.2, 0.25) is 10.0 Å². The van der Waals surface area contributed by atoms with Gasteiger partial charge in [-0.3, -0.25) is 4.79 Å². The highest BCUT2D eigenvalue weighted by Crippen LogP contribution is 2.36. The molecule has 0 unspecified atom stereocenters. The predicted molar refractivity (Wildman–Crippen MR) is 102 cm³/mol. The van der Waals surface area contributed by atoms with Crippen LogP contribution in [0.25, 0.3) is 0 Å². The van der Waals surface area contributed by atoms with E-state index in [1.54, 1.807) is 13.8 Å². The van der Waals surface area contributed by atoms with E-state index in [0.717, 1.165) is 13.2 Å². The summed E-state index contributed by atoms with van der Waals surface area (Å²) in [5.74, 6) is -1.16. The number of nitrogens with zero attached hydrogens (tertiary/aromatic N) is 1. The summed E-state index contributed by atoms with van der Waals surface area (Å²) >= 11 is 0. The Labute approximate surface area is 167 Å². The van der Waals surface area contributed by atoms with Gasteiger partial charge in [-0.05, 0) is 42.5 Å². The van der Waals surface area contributed by atoms with Gasteiger partial charge in [0, 0.05) is 24.3 Å². The van der Waals surface area contributed by atoms with Gasteiger partial charge in [-0.15, -0.1) is 0 Å². The Hall–Kier alpha value is -2.59. The summed E-state index contributed by atoms with van der Waals surface area (Å²) in [6.45, 7) is 4.08. The van der Waals surface area contributed by atoms with Crippen LogP contribution < -0.4 is 10.1 Å². The number of sulfonamides is 1. The van der Waals surface area contributed by atoms with Gasteiger partial charge < -0.3 is 10.1 Å². The molecule has 0 fully saturated rings. The molecule has 0 heterocycles. The van der Waals surface area contributed by atoms with Crippen LogP contribution in [0.5, 0.6) is 5.75 Å². The Balaban J connectivity index is 2.24. The van der Waals surface area contributed by atoms with Crippen molar-refractivity contribution in [1.82, 2.24) is 4.31 Å². The molecule has 29 heavy (non-hydrogen) atoms. The van der Waals surface area contributed by atoms with E-state index in [4.69, 9.17) is 4.74 Å². The number of hydrogen-bond donors (Lipinski definition) is 1. The number of benzene rings is 2. The molecular weight excluding hydrogens is 409 g/mol. The molecule has 0 atom stereocenters. The Bertz CT molecular complexity index is 970. The number of nitrogens with one attached hydrogen (secondary N) is 1. The Morgan fingerprint density at radius 2 is 1.66 bits per heavy atom. The average molecular weight is 430 g/mol. The van der Waals surface area contributed by atoms with E-state index in [2.05, 4.69) is 5.32 Å². The number of alkyl halides is 3. The van der Waals surface area contributed by atoms with Crippen LogP contribution in [-0.2, 0) is 16.2 Å². The summed E-state index contributed by atoms with van der Waals surface area (Å²) in [4.78, 5) is 12.4. The molecule has 0 aromatic heterocycles. The van der Waals surface area contributed by atoms with Crippen molar-refractivity contribution in [2.45, 2.75) is 24.9 Å². The number of methoxy groups -OCH3 is 1. The SMILES string of the molecule is CCN(CC)S(=O)(=O)c1ccc(NC(=O)c2ccc(OC)c(C(F)(F)F)c2)cc1. The van der Waals surface area contributed by atoms with Gasteiger partial charge in [0.1, 0.15) is 5.75 Å². The first-order valence-electron chi connectivity index (χ1n) is 8.71. The van der Waals surface area contributed by atoms with Gasteiger partial charge in [0.25, 0.3) is 5.91 Å². The minimum absolute atomic E-state index is 0.0583. The second kappa shape index (κ2) is 8.83. The van der Waals surface area contributed by atoms with Gasteiger partial charge in [0.15, 0.2) is 0 Å². The van der Waals surface area contributed by atoms with Crippen molar-refractivity contribution in [2.75, 3.05) is 25.5 Å². The summed E-state index contributed by atoms with van der Waals surface area (Å²) in [5.41, 5.74) is -1.02. The van der Waals surface area contributed by atoms with Gasteiger partial charge in [-0.1, -0.05) is 13.8 Å². The maximum absolute atomic E-state index is 13.1. The van der Waals surface area contributed by atoms with Crippen LogP contribution in [0.1, 0.15) is 29.8 Å². The molecule has 0 saturated carbocycles. The lowest BCUT2D eigenvalue weighted by atomic mass is 10.1. The van der Waals surface area contributed by atoms with E-state index in [9.17, 15) is 26.4 Å². The van der Waals surface area contributed by atoms with Crippen LogP contribution in [0.15, 0.2) is 47.4 Å². The monoisotopic (exact) mass is 430 g/mol. The minimum Gasteiger partial charge on any atom is -0.496 e. The van der Waals surface area contributed by atoms with Gasteiger partial charge in [-0.2, -0.15) is 17.5 Å². The van der Waals surface area contributed by atoms with Crippen LogP contribution in [0.3, 0.4) is 0 Å². The Kier molecular flexibility index (Phi) is 6.91. The van der Waals surface area contributed by atoms with Crippen LogP contribution in [0.4, 0.5) is 18.9 Å². The highest BCUT2D eigenvalue weighted by Gasteiger charge is 2.35. The number of hydrogen-bond acceptors (Lipinski definition) is 4. The average Bonchev–Trinajstić information content (AvgIpc) is 2.68. The molecule has 2 aromatic carbocycles. The number of halogens is 3. The zero-order valence-corrected chi connectivity index (χ0v) is 16.9. The summed E-state index contributed by atoms with van der Waals surface area (Å²) in [6, 6.07) is 8.40. The predicted octanol–water partition coefficient (Wildman–Crippen LogP) is 4.00. The number of carbonyl (C=O) groups excluding carboxylic acids is 1. The van der Waals surface area contributed by atoms with Crippen LogP contribution in [0.2, 0.25) is 0 Å². The van der Waals surface area contributed by atoms with E-state index < -0.39 is 27.7 Å². The third-order valence-corrected chi connectivity index (χ3v) is 6.29. The molecule has 1 N–H and O–H groups in total. The summed E-state index contributed by atoms with van der Waals surface area (Å²) in [5, 5.41) is 2.45. The van der Waals surface area contributed by atoms with Crippen molar-refractivity contribution in [2.24, 2.45) is 0 Å². The summed E-state index contributed by atoms with van der Waals surface area (Å²) < 4.78 is 70.2. The van der Waals surface area contributed by atoms with E-state index in [0.29, 0.717) is 19.2 Å². The molecule has 158 valence electrons. The lowest BCUT2D eigenvalue weighted by molar-refractivity contribution is -0.138. The minimum atomic E-state index is -4.68. The van der Waals surface area contributed by atoms with Crippen molar-refractivity contribution in [3.8, 4) is 5.75 Å². The van der Waals surface area contributed by atoms with Crippen LogP contribution in [-0.4, -0.2) is 38.8 Å². The fourth-order valence-electron chi connectivity index (χ4n) is 2.70. The zero-order chi connectivity index (χ0) is 21.8. The lowest BCUT2D eigenvalue weighted by Gasteiger charge is -2.18. The first-order valence-corrected chi connectivity index (χ1v) is 10.1. The molecule has 0 radical (unpaired) electrons. The maximum atomic E-state index is 13.1. The number of anilines is 1. The molecule has 10 heteroatoms. The van der Waals surface area contributed by atoms with Crippen LogP contribution in [0, 0.1) is 0 Å². The summed E-state index contributed by atoms with van der Waals surface area (Å²) in [7, 11) is -2.54. The molecule has 0 spiro atoms. The molecule has 0 aliphatic carbocycles. The largest absolute Gasteiger partial charge is 0.496 e. The number of carbonyl (C=O) groups is 1. The number of amides is 1. The molecule has 0 aliphatic heterocycles. The first-order chi connectivity index (χ1) is 13.5. The lowest BCUT2D eigenvalue weighted by Crippen LogP contribution is -2.30. The smallest absolute Gasteiger partial charge is 0.419 e. The number of ether oxygens (including phenoxy) is 1. The quantitative estimate of drug-likeness (QED) is 0.721. The van der Waals surface area contributed by atoms with Crippen molar-refractivity contribution in [1.29, 1.82) is 0 Å². The highest BCUT2D eigenvalue weighted by molar-refractivity contribution is 7.89. The van der Waals surface area contributed by atoms with Crippen molar-refractivity contribution in [3.05, 3.63) is 53.6 Å². The van der Waals surface area contributed by atoms with E-state index >= 15 is 0 Å². The molecule has 0 aliphatic rings. The van der Waals surface area contributed by atoms with Crippen molar-refractivity contribution in [3.63, 3.8) is 0 Å². The first kappa shape index (κ1) is 22.7. The van der Waals surface area contributed by atoms with Gasteiger partial charge in [-0.25, -0.2) is 8.42 Å². The topological polar surface area (TPSA) is 75.7 Å². The zero-order valence-electron chi connectivity index (χ0n) is 16.1. The normalized spacial score (nSPS) is 12.1. The van der Waals surface area contributed by atoms with Gasteiger partial charge >= 0.3 is 6.18 Å². The molecule has 2 aromatic rings. The second-order valence-electron chi connectivity index (χ2n) is 5.98. The molecule has 1 amide bonds. The summed E-state index contributed by atoms with van der Waals surface area (Å²) in [6.07, 6.45) is -4.68. The van der Waals surface area contributed by atoms with E-state index in [-0.39, 0.29) is 21.9 Å². The third kappa shape index (κ3) is 5.07. The molecule has 2 rings (SSSR count).